The van der Waals surface area contributed by atoms with E-state index >= 15 is 0 Å². The van der Waals surface area contributed by atoms with Crippen LogP contribution in [0.5, 0.6) is 0 Å². The van der Waals surface area contributed by atoms with Gasteiger partial charge in [-0.15, -0.1) is 0 Å². The number of anilines is 3. The Bertz CT molecular complexity index is 822. The van der Waals surface area contributed by atoms with Crippen LogP contribution < -0.4 is 10.6 Å². The minimum absolute atomic E-state index is 0.0878. The molecule has 0 saturated heterocycles. The summed E-state index contributed by atoms with van der Waals surface area (Å²) in [5, 5.41) is 23.2. The molecular formula is C14H15ClN6O2. The number of hydrogen-bond acceptors (Lipinski definition) is 8. The van der Waals surface area contributed by atoms with Gasteiger partial charge in [0.05, 0.1) is 0 Å². The number of nitrogens with zero attached hydrogens (tertiary/aromatic N) is 4. The Hall–Kier alpha value is -2.45. The van der Waals surface area contributed by atoms with Gasteiger partial charge in [0.15, 0.2) is 11.6 Å². The maximum absolute atomic E-state index is 8.90. The fraction of sp³-hybridized carbons (Fsp3) is 0.286. The highest BCUT2D eigenvalue weighted by atomic mass is 35.5. The number of halogens is 1. The highest BCUT2D eigenvalue weighted by Gasteiger charge is 2.13. The SMILES string of the molecule is Cc1ccc(Nc2nc3nonc3nc2NCCCO)cc1Cl. The molecule has 0 saturated carbocycles. The van der Waals surface area contributed by atoms with E-state index in [9.17, 15) is 0 Å². The molecule has 8 nitrogen and oxygen atoms in total. The average molecular weight is 335 g/mol. The van der Waals surface area contributed by atoms with Gasteiger partial charge >= 0.3 is 0 Å². The van der Waals surface area contributed by atoms with Crippen LogP contribution in [0.25, 0.3) is 11.3 Å². The minimum Gasteiger partial charge on any atom is -0.396 e. The average Bonchev–Trinajstić information content (AvgIpc) is 2.98. The summed E-state index contributed by atoms with van der Waals surface area (Å²) in [6.45, 7) is 2.57. The van der Waals surface area contributed by atoms with Crippen LogP contribution in [0.2, 0.25) is 5.02 Å². The maximum atomic E-state index is 8.90. The lowest BCUT2D eigenvalue weighted by molar-refractivity contribution is 0.292. The zero-order valence-corrected chi connectivity index (χ0v) is 13.1. The molecule has 0 atom stereocenters. The molecule has 0 aliphatic carbocycles. The van der Waals surface area contributed by atoms with Gasteiger partial charge in [-0.3, -0.25) is 0 Å². The molecule has 0 radical (unpaired) electrons. The van der Waals surface area contributed by atoms with E-state index in [0.29, 0.717) is 40.9 Å². The zero-order chi connectivity index (χ0) is 16.2. The summed E-state index contributed by atoms with van der Waals surface area (Å²) in [4.78, 5) is 8.68. The van der Waals surface area contributed by atoms with Gasteiger partial charge in [-0.2, -0.15) is 0 Å². The van der Waals surface area contributed by atoms with E-state index in [-0.39, 0.29) is 6.61 Å². The Balaban J connectivity index is 1.92. The molecule has 0 bridgehead atoms. The number of rotatable bonds is 6. The van der Waals surface area contributed by atoms with E-state index in [1.54, 1.807) is 6.07 Å². The first-order chi connectivity index (χ1) is 11.2. The van der Waals surface area contributed by atoms with Crippen molar-refractivity contribution in [2.24, 2.45) is 0 Å². The molecule has 3 N–H and O–H groups in total. The van der Waals surface area contributed by atoms with Gasteiger partial charge < -0.3 is 15.7 Å². The molecule has 0 aliphatic heterocycles. The van der Waals surface area contributed by atoms with Gasteiger partial charge in [0.1, 0.15) is 0 Å². The molecule has 9 heteroatoms. The van der Waals surface area contributed by atoms with Crippen LogP contribution in [-0.4, -0.2) is 38.5 Å². The molecule has 120 valence electrons. The summed E-state index contributed by atoms with van der Waals surface area (Å²) < 4.78 is 4.64. The Morgan fingerprint density at radius 1 is 1.17 bits per heavy atom. The monoisotopic (exact) mass is 334 g/mol. The summed E-state index contributed by atoms with van der Waals surface area (Å²) >= 11 is 6.14. The number of aliphatic hydroxyl groups excluding tert-OH is 1. The van der Waals surface area contributed by atoms with Crippen LogP contribution in [-0.2, 0) is 0 Å². The van der Waals surface area contributed by atoms with Crippen LogP contribution in [0, 0.1) is 6.92 Å². The lowest BCUT2D eigenvalue weighted by Crippen LogP contribution is -2.09. The lowest BCUT2D eigenvalue weighted by Gasteiger charge is -2.12. The van der Waals surface area contributed by atoms with Crippen molar-refractivity contribution in [2.45, 2.75) is 13.3 Å². The van der Waals surface area contributed by atoms with Crippen LogP contribution in [0.4, 0.5) is 17.3 Å². The van der Waals surface area contributed by atoms with Gasteiger partial charge in [-0.1, -0.05) is 17.7 Å². The van der Waals surface area contributed by atoms with Crippen molar-refractivity contribution in [2.75, 3.05) is 23.8 Å². The van der Waals surface area contributed by atoms with Crippen LogP contribution in [0.3, 0.4) is 0 Å². The summed E-state index contributed by atoms with van der Waals surface area (Å²) in [5.41, 5.74) is 2.37. The molecule has 3 aromatic rings. The lowest BCUT2D eigenvalue weighted by atomic mass is 10.2. The second-order valence-electron chi connectivity index (χ2n) is 4.93. The first-order valence-corrected chi connectivity index (χ1v) is 7.43. The number of aliphatic hydroxyl groups is 1. The second kappa shape index (κ2) is 6.76. The van der Waals surface area contributed by atoms with Gasteiger partial charge in [0.2, 0.25) is 11.3 Å². The predicted octanol–water partition coefficient (Wildman–Crippen LogP) is 2.51. The predicted molar refractivity (Wildman–Crippen MR) is 87.1 cm³/mol. The van der Waals surface area contributed by atoms with E-state index in [4.69, 9.17) is 16.7 Å². The fourth-order valence-corrected chi connectivity index (χ4v) is 2.12. The Morgan fingerprint density at radius 2 is 1.91 bits per heavy atom. The third-order valence-corrected chi connectivity index (χ3v) is 3.58. The van der Waals surface area contributed by atoms with Gasteiger partial charge in [-0.25, -0.2) is 14.6 Å². The molecule has 3 rings (SSSR count). The van der Waals surface area contributed by atoms with E-state index in [1.807, 2.05) is 19.1 Å². The first kappa shape index (κ1) is 15.4. The third-order valence-electron chi connectivity index (χ3n) is 3.18. The van der Waals surface area contributed by atoms with E-state index in [1.165, 1.54) is 0 Å². The molecular weight excluding hydrogens is 320 g/mol. The van der Waals surface area contributed by atoms with Crippen LogP contribution in [0.1, 0.15) is 12.0 Å². The minimum atomic E-state index is 0.0878. The number of hydrogen-bond donors (Lipinski definition) is 3. The molecule has 23 heavy (non-hydrogen) atoms. The van der Waals surface area contributed by atoms with E-state index in [0.717, 1.165) is 11.3 Å². The van der Waals surface area contributed by atoms with Gasteiger partial charge in [0.25, 0.3) is 0 Å². The standard InChI is InChI=1S/C14H15ClN6O2/c1-8-3-4-9(7-10(8)15)17-12-11(16-5-2-6-22)18-13-14(19-12)21-23-20-13/h3-4,7,22H,2,5-6H2,1H3,(H,16,18,20)(H,17,19,21). The highest BCUT2D eigenvalue weighted by Crippen LogP contribution is 2.26. The number of aryl methyl sites for hydroxylation is 1. The fourth-order valence-electron chi connectivity index (χ4n) is 1.94. The third kappa shape index (κ3) is 3.49. The second-order valence-corrected chi connectivity index (χ2v) is 5.33. The zero-order valence-electron chi connectivity index (χ0n) is 12.4. The van der Waals surface area contributed by atoms with Crippen LogP contribution in [0.15, 0.2) is 22.8 Å². The smallest absolute Gasteiger partial charge is 0.245 e. The van der Waals surface area contributed by atoms with Crippen molar-refractivity contribution in [3.05, 3.63) is 28.8 Å². The summed E-state index contributed by atoms with van der Waals surface area (Å²) in [5.74, 6) is 0.976. The van der Waals surface area contributed by atoms with E-state index in [2.05, 4.69) is 35.5 Å². The van der Waals surface area contributed by atoms with Crippen molar-refractivity contribution in [3.8, 4) is 0 Å². The summed E-state index contributed by atoms with van der Waals surface area (Å²) in [7, 11) is 0. The maximum Gasteiger partial charge on any atom is 0.245 e. The largest absolute Gasteiger partial charge is 0.396 e. The van der Waals surface area contributed by atoms with Gasteiger partial charge in [-0.05, 0) is 41.4 Å². The van der Waals surface area contributed by atoms with Crippen molar-refractivity contribution in [1.82, 2.24) is 20.3 Å². The quantitative estimate of drug-likeness (QED) is 0.590. The van der Waals surface area contributed by atoms with Gasteiger partial charge in [0, 0.05) is 23.9 Å². The summed E-state index contributed by atoms with van der Waals surface area (Å²) in [6.07, 6.45) is 0.590. The molecule has 0 amide bonds. The van der Waals surface area contributed by atoms with Crippen LogP contribution >= 0.6 is 11.6 Å². The molecule has 1 aromatic carbocycles. The van der Waals surface area contributed by atoms with Crippen molar-refractivity contribution in [3.63, 3.8) is 0 Å². The molecule has 0 spiro atoms. The number of fused-ring (bicyclic) bond motifs is 1. The molecule has 2 aromatic heterocycles. The Labute approximate surface area is 136 Å². The highest BCUT2D eigenvalue weighted by molar-refractivity contribution is 6.31. The number of benzene rings is 1. The van der Waals surface area contributed by atoms with Crippen molar-refractivity contribution in [1.29, 1.82) is 0 Å². The summed E-state index contributed by atoms with van der Waals surface area (Å²) in [6, 6.07) is 5.61. The normalized spacial score (nSPS) is 10.9. The number of nitrogens with one attached hydrogen (secondary N) is 2. The molecule has 0 unspecified atom stereocenters. The first-order valence-electron chi connectivity index (χ1n) is 7.05. The van der Waals surface area contributed by atoms with E-state index < -0.39 is 0 Å². The van der Waals surface area contributed by atoms with Crippen molar-refractivity contribution < 1.29 is 9.74 Å². The Kier molecular flexibility index (Phi) is 4.54. The van der Waals surface area contributed by atoms with Crippen molar-refractivity contribution >= 4 is 40.2 Å². The Morgan fingerprint density at radius 3 is 2.61 bits per heavy atom. The molecule has 0 fully saturated rings. The molecule has 0 aliphatic rings. The topological polar surface area (TPSA) is 109 Å². The molecule has 2 heterocycles. The number of aromatic nitrogens is 4.